The zero-order valence-electron chi connectivity index (χ0n) is 10.8. The smallest absolute Gasteiger partial charge is 0.305 e. The minimum Gasteiger partial charge on any atom is -0.481 e. The SMILES string of the molecule is O=C(O)CC1C(=O)NCCN1C(=O)c1cc(Cl)cc(Cl)c1. The van der Waals surface area contributed by atoms with Crippen LogP contribution in [0.3, 0.4) is 0 Å². The van der Waals surface area contributed by atoms with Crippen molar-refractivity contribution in [1.82, 2.24) is 10.2 Å². The first-order valence-corrected chi connectivity index (χ1v) is 6.90. The van der Waals surface area contributed by atoms with Crippen LogP contribution in [0.4, 0.5) is 0 Å². The number of carbonyl (C=O) groups is 3. The van der Waals surface area contributed by atoms with Crippen molar-refractivity contribution in [2.24, 2.45) is 0 Å². The molecule has 0 radical (unpaired) electrons. The lowest BCUT2D eigenvalue weighted by Crippen LogP contribution is -2.57. The molecule has 0 saturated carbocycles. The zero-order chi connectivity index (χ0) is 15.6. The number of carboxylic acids is 1. The summed E-state index contributed by atoms with van der Waals surface area (Å²) in [7, 11) is 0. The summed E-state index contributed by atoms with van der Waals surface area (Å²) in [5, 5.41) is 12.0. The fraction of sp³-hybridized carbons (Fsp3) is 0.308. The average molecular weight is 331 g/mol. The summed E-state index contributed by atoms with van der Waals surface area (Å²) in [6.45, 7) is 0.502. The normalized spacial score (nSPS) is 18.3. The van der Waals surface area contributed by atoms with E-state index in [0.717, 1.165) is 0 Å². The van der Waals surface area contributed by atoms with Gasteiger partial charge in [0.25, 0.3) is 5.91 Å². The van der Waals surface area contributed by atoms with Gasteiger partial charge in [0.15, 0.2) is 0 Å². The molecule has 2 N–H and O–H groups in total. The molecular weight excluding hydrogens is 319 g/mol. The van der Waals surface area contributed by atoms with Crippen LogP contribution in [0.2, 0.25) is 10.0 Å². The number of hydrogen-bond acceptors (Lipinski definition) is 3. The third kappa shape index (κ3) is 3.65. The predicted molar refractivity (Wildman–Crippen MR) is 76.5 cm³/mol. The predicted octanol–water partition coefficient (Wildman–Crippen LogP) is 1.41. The van der Waals surface area contributed by atoms with E-state index in [-0.39, 0.29) is 18.7 Å². The molecule has 0 aliphatic carbocycles. The number of nitrogens with one attached hydrogen (secondary N) is 1. The molecule has 0 spiro atoms. The Morgan fingerprint density at radius 2 is 1.90 bits per heavy atom. The standard InChI is InChI=1S/C13H12Cl2N2O4/c14-8-3-7(4-9(15)5-8)13(21)17-2-1-16-12(20)10(17)6-11(18)19/h3-5,10H,1-2,6H2,(H,16,20)(H,18,19). The Bertz CT molecular complexity index is 586. The lowest BCUT2D eigenvalue weighted by molar-refractivity contribution is -0.142. The van der Waals surface area contributed by atoms with Crippen molar-refractivity contribution in [3.8, 4) is 0 Å². The van der Waals surface area contributed by atoms with Crippen LogP contribution in [-0.2, 0) is 9.59 Å². The lowest BCUT2D eigenvalue weighted by atomic mass is 10.1. The Labute approximate surface area is 130 Å². The van der Waals surface area contributed by atoms with Gasteiger partial charge in [0.05, 0.1) is 6.42 Å². The number of carboxylic acid groups (broad SMARTS) is 1. The topological polar surface area (TPSA) is 86.7 Å². The molecular formula is C13H12Cl2N2O4. The Morgan fingerprint density at radius 3 is 2.48 bits per heavy atom. The summed E-state index contributed by atoms with van der Waals surface area (Å²) in [5.74, 6) is -2.11. The first kappa shape index (κ1) is 15.6. The van der Waals surface area contributed by atoms with Crippen LogP contribution in [-0.4, -0.2) is 46.9 Å². The minimum absolute atomic E-state index is 0.220. The maximum Gasteiger partial charge on any atom is 0.305 e. The highest BCUT2D eigenvalue weighted by molar-refractivity contribution is 6.35. The molecule has 8 heteroatoms. The Hall–Kier alpha value is -1.79. The van der Waals surface area contributed by atoms with Gasteiger partial charge < -0.3 is 15.3 Å². The van der Waals surface area contributed by atoms with Crippen LogP contribution in [0, 0.1) is 0 Å². The summed E-state index contributed by atoms with van der Waals surface area (Å²) in [5.41, 5.74) is 0.220. The van der Waals surface area contributed by atoms with Gasteiger partial charge in [0.1, 0.15) is 6.04 Å². The second kappa shape index (κ2) is 6.32. The number of benzene rings is 1. The third-order valence-electron chi connectivity index (χ3n) is 3.07. The van der Waals surface area contributed by atoms with Crippen molar-refractivity contribution in [1.29, 1.82) is 0 Å². The molecule has 1 unspecified atom stereocenters. The molecule has 0 bridgehead atoms. The van der Waals surface area contributed by atoms with E-state index in [9.17, 15) is 14.4 Å². The van der Waals surface area contributed by atoms with Crippen molar-refractivity contribution in [2.45, 2.75) is 12.5 Å². The first-order chi connectivity index (χ1) is 9.88. The maximum absolute atomic E-state index is 12.5. The fourth-order valence-electron chi connectivity index (χ4n) is 2.17. The second-order valence-electron chi connectivity index (χ2n) is 4.56. The van der Waals surface area contributed by atoms with Crippen molar-refractivity contribution in [2.75, 3.05) is 13.1 Å². The molecule has 2 amide bonds. The Kier molecular flexibility index (Phi) is 4.69. The highest BCUT2D eigenvalue weighted by Crippen LogP contribution is 2.22. The third-order valence-corrected chi connectivity index (χ3v) is 3.51. The highest BCUT2D eigenvalue weighted by Gasteiger charge is 2.35. The summed E-state index contributed by atoms with van der Waals surface area (Å²) in [4.78, 5) is 36.4. The van der Waals surface area contributed by atoms with Crippen LogP contribution in [0.25, 0.3) is 0 Å². The number of nitrogens with zero attached hydrogens (tertiary/aromatic N) is 1. The van der Waals surface area contributed by atoms with E-state index in [1.807, 2.05) is 0 Å². The van der Waals surface area contributed by atoms with E-state index in [0.29, 0.717) is 10.0 Å². The van der Waals surface area contributed by atoms with Gasteiger partial charge in [-0.2, -0.15) is 0 Å². The summed E-state index contributed by atoms with van der Waals surface area (Å²) in [6, 6.07) is 3.30. The Balaban J connectivity index is 2.30. The molecule has 21 heavy (non-hydrogen) atoms. The number of rotatable bonds is 3. The molecule has 1 aromatic carbocycles. The minimum atomic E-state index is -1.15. The van der Waals surface area contributed by atoms with Crippen LogP contribution in [0.5, 0.6) is 0 Å². The first-order valence-electron chi connectivity index (χ1n) is 6.15. The van der Waals surface area contributed by atoms with E-state index >= 15 is 0 Å². The van der Waals surface area contributed by atoms with Crippen LogP contribution in [0.15, 0.2) is 18.2 Å². The van der Waals surface area contributed by atoms with Crippen molar-refractivity contribution < 1.29 is 19.5 Å². The monoisotopic (exact) mass is 330 g/mol. The molecule has 1 saturated heterocycles. The van der Waals surface area contributed by atoms with Crippen LogP contribution >= 0.6 is 23.2 Å². The van der Waals surface area contributed by atoms with E-state index < -0.39 is 30.2 Å². The van der Waals surface area contributed by atoms with E-state index in [4.69, 9.17) is 28.3 Å². The van der Waals surface area contributed by atoms with Crippen molar-refractivity contribution in [3.05, 3.63) is 33.8 Å². The largest absolute Gasteiger partial charge is 0.481 e. The van der Waals surface area contributed by atoms with E-state index in [1.54, 1.807) is 0 Å². The average Bonchev–Trinajstić information content (AvgIpc) is 2.38. The number of halogens is 2. The van der Waals surface area contributed by atoms with Gasteiger partial charge in [-0.15, -0.1) is 0 Å². The molecule has 2 rings (SSSR count). The zero-order valence-corrected chi connectivity index (χ0v) is 12.3. The molecule has 0 aromatic heterocycles. The van der Waals surface area contributed by atoms with E-state index in [2.05, 4.69) is 5.32 Å². The quantitative estimate of drug-likeness (QED) is 0.877. The number of piperazine rings is 1. The highest BCUT2D eigenvalue weighted by atomic mass is 35.5. The van der Waals surface area contributed by atoms with Gasteiger partial charge in [-0.3, -0.25) is 14.4 Å². The van der Waals surface area contributed by atoms with Gasteiger partial charge in [0, 0.05) is 28.7 Å². The van der Waals surface area contributed by atoms with Gasteiger partial charge >= 0.3 is 5.97 Å². The van der Waals surface area contributed by atoms with Gasteiger partial charge in [-0.1, -0.05) is 23.2 Å². The molecule has 1 aromatic rings. The molecule has 1 atom stereocenters. The number of hydrogen-bond donors (Lipinski definition) is 2. The number of aliphatic carboxylic acids is 1. The van der Waals surface area contributed by atoms with Gasteiger partial charge in [-0.25, -0.2) is 0 Å². The fourth-order valence-corrected chi connectivity index (χ4v) is 2.70. The second-order valence-corrected chi connectivity index (χ2v) is 5.43. The molecule has 1 heterocycles. The Morgan fingerprint density at radius 1 is 1.29 bits per heavy atom. The summed E-state index contributed by atoms with van der Waals surface area (Å²) in [6.07, 6.45) is -0.453. The maximum atomic E-state index is 12.5. The molecule has 1 aliphatic rings. The van der Waals surface area contributed by atoms with Gasteiger partial charge in [-0.05, 0) is 18.2 Å². The van der Waals surface area contributed by atoms with Gasteiger partial charge in [0.2, 0.25) is 5.91 Å². The number of carbonyl (C=O) groups excluding carboxylic acids is 2. The lowest BCUT2D eigenvalue weighted by Gasteiger charge is -2.34. The molecule has 1 fully saturated rings. The van der Waals surface area contributed by atoms with Crippen molar-refractivity contribution >= 4 is 41.0 Å². The van der Waals surface area contributed by atoms with E-state index in [1.165, 1.54) is 23.1 Å². The number of amides is 2. The summed E-state index contributed by atoms with van der Waals surface area (Å²) < 4.78 is 0. The van der Waals surface area contributed by atoms with Crippen LogP contribution < -0.4 is 5.32 Å². The summed E-state index contributed by atoms with van der Waals surface area (Å²) >= 11 is 11.7. The van der Waals surface area contributed by atoms with Crippen LogP contribution in [0.1, 0.15) is 16.8 Å². The molecule has 1 aliphatic heterocycles. The molecule has 112 valence electrons. The molecule has 6 nitrogen and oxygen atoms in total. The van der Waals surface area contributed by atoms with Crippen molar-refractivity contribution in [3.63, 3.8) is 0 Å².